The summed E-state index contributed by atoms with van der Waals surface area (Å²) in [4.78, 5) is 12.2. The Bertz CT molecular complexity index is 821. The lowest BCUT2D eigenvalue weighted by Crippen LogP contribution is -2.47. The van der Waals surface area contributed by atoms with Crippen LogP contribution in [0.4, 0.5) is 0 Å². The van der Waals surface area contributed by atoms with E-state index in [0.29, 0.717) is 11.0 Å². The molecule has 7 nitrogen and oxygen atoms in total. The molecule has 1 atom stereocenters. The van der Waals surface area contributed by atoms with Crippen molar-refractivity contribution in [2.24, 2.45) is 5.92 Å². The molecular formula is C17H20N6OS. The molecule has 1 heterocycles. The summed E-state index contributed by atoms with van der Waals surface area (Å²) in [5, 5.41) is 20.7. The van der Waals surface area contributed by atoms with Gasteiger partial charge >= 0.3 is 0 Å². The zero-order valence-electron chi connectivity index (χ0n) is 14.2. The molecule has 25 heavy (non-hydrogen) atoms. The smallest absolute Gasteiger partial charge is 0.231 e. The average molecular weight is 356 g/mol. The maximum Gasteiger partial charge on any atom is 0.231 e. The van der Waals surface area contributed by atoms with E-state index in [0.717, 1.165) is 24.0 Å². The van der Waals surface area contributed by atoms with Crippen molar-refractivity contribution in [2.45, 2.75) is 37.4 Å². The maximum absolute atomic E-state index is 12.2. The van der Waals surface area contributed by atoms with E-state index in [9.17, 15) is 10.1 Å². The minimum absolute atomic E-state index is 0.132. The van der Waals surface area contributed by atoms with Crippen molar-refractivity contribution in [2.75, 3.05) is 11.6 Å². The maximum atomic E-state index is 12.2. The number of thioether (sulfide) groups is 1. The molecule has 1 aliphatic rings. The number of nitriles is 1. The molecule has 1 fully saturated rings. The molecule has 0 spiro atoms. The molecule has 1 aromatic carbocycles. The lowest BCUT2D eigenvalue weighted by molar-refractivity contribution is -0.119. The van der Waals surface area contributed by atoms with Gasteiger partial charge in [-0.1, -0.05) is 41.6 Å². The van der Waals surface area contributed by atoms with Gasteiger partial charge in [0.15, 0.2) is 5.82 Å². The van der Waals surface area contributed by atoms with Crippen molar-refractivity contribution < 1.29 is 4.79 Å². The lowest BCUT2D eigenvalue weighted by Gasteiger charge is -2.22. The van der Waals surface area contributed by atoms with Crippen LogP contribution in [-0.2, 0) is 4.79 Å². The molecule has 0 aliphatic heterocycles. The zero-order valence-corrected chi connectivity index (χ0v) is 15.0. The number of amides is 1. The topological polar surface area (TPSA) is 110 Å². The van der Waals surface area contributed by atoms with Crippen molar-refractivity contribution >= 4 is 17.7 Å². The minimum atomic E-state index is -0.791. The SMILES string of the molecule is Cc1ccc(-c2nnc(SCC(=O)NC(C)(C#N)C3CC3)n2N)cc1. The number of carbonyl (C=O) groups is 1. The quantitative estimate of drug-likeness (QED) is 0.604. The number of nitrogens with one attached hydrogen (secondary N) is 1. The van der Waals surface area contributed by atoms with E-state index >= 15 is 0 Å². The van der Waals surface area contributed by atoms with E-state index in [2.05, 4.69) is 21.6 Å². The molecule has 2 aromatic rings. The highest BCUT2D eigenvalue weighted by atomic mass is 32.2. The van der Waals surface area contributed by atoms with Crippen molar-refractivity contribution in [3.8, 4) is 17.5 Å². The Balaban J connectivity index is 1.63. The lowest BCUT2D eigenvalue weighted by atomic mass is 9.98. The van der Waals surface area contributed by atoms with Gasteiger partial charge in [0.1, 0.15) is 5.54 Å². The van der Waals surface area contributed by atoms with Crippen LogP contribution in [0, 0.1) is 24.2 Å². The second kappa shape index (κ2) is 6.76. The Kier molecular flexibility index (Phi) is 4.68. The number of aryl methyl sites for hydroxylation is 1. The Hall–Kier alpha value is -2.53. The van der Waals surface area contributed by atoms with Gasteiger partial charge in [-0.15, -0.1) is 10.2 Å². The van der Waals surface area contributed by atoms with Crippen LogP contribution >= 0.6 is 11.8 Å². The molecule has 1 unspecified atom stereocenters. The van der Waals surface area contributed by atoms with Gasteiger partial charge in [0.2, 0.25) is 11.1 Å². The number of hydrogen-bond donors (Lipinski definition) is 2. The summed E-state index contributed by atoms with van der Waals surface area (Å²) < 4.78 is 1.38. The molecule has 3 N–H and O–H groups in total. The number of aromatic nitrogens is 3. The number of nitrogen functional groups attached to an aromatic ring is 1. The van der Waals surface area contributed by atoms with Gasteiger partial charge in [0, 0.05) is 5.56 Å². The number of nitrogens with two attached hydrogens (primary N) is 1. The zero-order chi connectivity index (χ0) is 18.0. The summed E-state index contributed by atoms with van der Waals surface area (Å²) in [5.74, 6) is 6.77. The first-order valence-electron chi connectivity index (χ1n) is 8.05. The first-order chi connectivity index (χ1) is 11.9. The van der Waals surface area contributed by atoms with Gasteiger partial charge in [0.05, 0.1) is 11.8 Å². The normalized spacial score (nSPS) is 16.0. The van der Waals surface area contributed by atoms with Gasteiger partial charge in [-0.25, -0.2) is 4.68 Å². The van der Waals surface area contributed by atoms with E-state index < -0.39 is 5.54 Å². The van der Waals surface area contributed by atoms with Crippen LogP contribution in [0.15, 0.2) is 29.4 Å². The largest absolute Gasteiger partial charge is 0.337 e. The van der Waals surface area contributed by atoms with E-state index in [1.807, 2.05) is 31.2 Å². The monoisotopic (exact) mass is 356 g/mol. The van der Waals surface area contributed by atoms with Crippen LogP contribution in [-0.4, -0.2) is 32.1 Å². The molecule has 1 saturated carbocycles. The van der Waals surface area contributed by atoms with E-state index in [1.54, 1.807) is 6.92 Å². The fourth-order valence-corrected chi connectivity index (χ4v) is 3.27. The third-order valence-electron chi connectivity index (χ3n) is 4.33. The fourth-order valence-electron chi connectivity index (χ4n) is 2.61. The predicted octanol–water partition coefficient (Wildman–Crippen LogP) is 1.87. The van der Waals surface area contributed by atoms with E-state index in [1.165, 1.54) is 16.4 Å². The summed E-state index contributed by atoms with van der Waals surface area (Å²) in [6.45, 7) is 3.78. The second-order valence-electron chi connectivity index (χ2n) is 6.47. The Morgan fingerprint density at radius 3 is 2.72 bits per heavy atom. The minimum Gasteiger partial charge on any atom is -0.337 e. The highest BCUT2D eigenvalue weighted by Gasteiger charge is 2.42. The first kappa shape index (κ1) is 17.3. The third kappa shape index (κ3) is 3.77. The van der Waals surface area contributed by atoms with Crippen molar-refractivity contribution in [3.63, 3.8) is 0 Å². The summed E-state index contributed by atoms with van der Waals surface area (Å²) in [7, 11) is 0. The molecule has 8 heteroatoms. The Labute approximate surface area is 150 Å². The number of rotatable bonds is 6. The van der Waals surface area contributed by atoms with Gasteiger partial charge in [-0.2, -0.15) is 5.26 Å². The van der Waals surface area contributed by atoms with Crippen molar-refractivity contribution in [1.82, 2.24) is 20.2 Å². The van der Waals surface area contributed by atoms with E-state index in [-0.39, 0.29) is 17.6 Å². The molecule has 0 radical (unpaired) electrons. The highest BCUT2D eigenvalue weighted by molar-refractivity contribution is 7.99. The second-order valence-corrected chi connectivity index (χ2v) is 7.41. The number of carbonyl (C=O) groups excluding carboxylic acids is 1. The molecule has 3 rings (SSSR count). The standard InChI is InChI=1S/C17H20N6OS/c1-11-3-5-12(6-4-11)15-21-22-16(23(15)19)25-9-14(24)20-17(2,10-18)13-7-8-13/h3-6,13H,7-9,19H2,1-2H3,(H,20,24). The van der Waals surface area contributed by atoms with Crippen molar-refractivity contribution in [3.05, 3.63) is 29.8 Å². The summed E-state index contributed by atoms with van der Waals surface area (Å²) >= 11 is 1.20. The predicted molar refractivity (Wildman–Crippen MR) is 96.0 cm³/mol. The molecule has 130 valence electrons. The molecule has 0 bridgehead atoms. The summed E-state index contributed by atoms with van der Waals surface area (Å²) in [6, 6.07) is 10.0. The summed E-state index contributed by atoms with van der Waals surface area (Å²) in [6.07, 6.45) is 1.96. The van der Waals surface area contributed by atoms with Gasteiger partial charge in [0.25, 0.3) is 0 Å². The molecule has 1 aliphatic carbocycles. The van der Waals surface area contributed by atoms with Gasteiger partial charge < -0.3 is 11.2 Å². The molecular weight excluding hydrogens is 336 g/mol. The Morgan fingerprint density at radius 1 is 1.44 bits per heavy atom. The molecule has 1 amide bonds. The van der Waals surface area contributed by atoms with Crippen LogP contribution in [0.1, 0.15) is 25.3 Å². The highest BCUT2D eigenvalue weighted by Crippen LogP contribution is 2.39. The molecule has 1 aromatic heterocycles. The van der Waals surface area contributed by atoms with Crippen LogP contribution < -0.4 is 11.2 Å². The van der Waals surface area contributed by atoms with E-state index in [4.69, 9.17) is 5.84 Å². The van der Waals surface area contributed by atoms with Crippen LogP contribution in [0.3, 0.4) is 0 Å². The van der Waals surface area contributed by atoms with Crippen LogP contribution in [0.25, 0.3) is 11.4 Å². The number of nitrogens with zero attached hydrogens (tertiary/aromatic N) is 4. The fraction of sp³-hybridized carbons (Fsp3) is 0.412. The van der Waals surface area contributed by atoms with Crippen LogP contribution in [0.5, 0.6) is 0 Å². The van der Waals surface area contributed by atoms with Gasteiger partial charge in [-0.3, -0.25) is 4.79 Å². The average Bonchev–Trinajstić information content (AvgIpc) is 3.39. The Morgan fingerprint density at radius 2 is 2.12 bits per heavy atom. The number of benzene rings is 1. The summed E-state index contributed by atoms with van der Waals surface area (Å²) in [5.41, 5.74) is 1.22. The molecule has 0 saturated heterocycles. The van der Waals surface area contributed by atoms with Crippen LogP contribution in [0.2, 0.25) is 0 Å². The first-order valence-corrected chi connectivity index (χ1v) is 9.04. The third-order valence-corrected chi connectivity index (χ3v) is 5.27. The number of hydrogen-bond acceptors (Lipinski definition) is 6. The van der Waals surface area contributed by atoms with Gasteiger partial charge in [-0.05, 0) is 32.6 Å². The van der Waals surface area contributed by atoms with Crippen molar-refractivity contribution in [1.29, 1.82) is 5.26 Å².